The smallest absolute Gasteiger partial charge is 0.228 e. The van der Waals surface area contributed by atoms with Crippen molar-refractivity contribution in [2.45, 2.75) is 18.4 Å². The van der Waals surface area contributed by atoms with Crippen molar-refractivity contribution in [2.75, 3.05) is 0 Å². The van der Waals surface area contributed by atoms with E-state index >= 15 is 0 Å². The summed E-state index contributed by atoms with van der Waals surface area (Å²) in [5.41, 5.74) is 4.24. The Morgan fingerprint density at radius 3 is 1.58 bits per heavy atom. The maximum Gasteiger partial charge on any atom is 0.228 e. The van der Waals surface area contributed by atoms with Crippen molar-refractivity contribution in [1.82, 2.24) is 5.32 Å². The van der Waals surface area contributed by atoms with Crippen LogP contribution in [0.3, 0.4) is 0 Å². The van der Waals surface area contributed by atoms with Crippen molar-refractivity contribution in [2.24, 2.45) is 0 Å². The lowest BCUT2D eigenvalue weighted by atomic mass is 9.76. The molecule has 0 saturated carbocycles. The minimum Gasteiger partial charge on any atom is -0.351 e. The van der Waals surface area contributed by atoms with Crippen LogP contribution < -0.4 is 5.32 Å². The maximum absolute atomic E-state index is 13.6. The molecule has 0 spiro atoms. The van der Waals surface area contributed by atoms with Gasteiger partial charge in [-0.2, -0.15) is 0 Å². The number of benzene rings is 4. The molecular weight excluding hydrogens is 402 g/mol. The molecule has 0 aliphatic carbocycles. The molecule has 0 fully saturated rings. The van der Waals surface area contributed by atoms with Crippen LogP contribution in [0.2, 0.25) is 5.02 Å². The van der Waals surface area contributed by atoms with Gasteiger partial charge in [-0.25, -0.2) is 0 Å². The quantitative estimate of drug-likeness (QED) is 0.356. The number of nitrogens with one attached hydrogen (secondary N) is 1. The van der Waals surface area contributed by atoms with E-state index in [0.717, 1.165) is 22.3 Å². The van der Waals surface area contributed by atoms with E-state index in [-0.39, 0.29) is 17.7 Å². The van der Waals surface area contributed by atoms with E-state index in [9.17, 15) is 4.79 Å². The highest BCUT2D eigenvalue weighted by atomic mass is 35.5. The zero-order valence-electron chi connectivity index (χ0n) is 17.1. The number of halogens is 1. The van der Waals surface area contributed by atoms with Crippen molar-refractivity contribution in [3.05, 3.63) is 143 Å². The van der Waals surface area contributed by atoms with Crippen molar-refractivity contribution in [3.63, 3.8) is 0 Å². The third kappa shape index (κ3) is 5.22. The molecule has 4 aromatic rings. The molecule has 0 bridgehead atoms. The molecule has 1 atom stereocenters. The standard InChI is InChI=1S/C28H24ClNO/c29-25-18-16-21(17-19-25)20-30-28(31)27(24-14-8-3-9-15-24)26(22-10-4-1-5-11-22)23-12-6-2-7-13-23/h1-19,26-27H,20H2,(H,30,31). The molecule has 4 rings (SSSR count). The van der Waals surface area contributed by atoms with E-state index in [1.165, 1.54) is 0 Å². The number of carbonyl (C=O) groups excluding carboxylic acids is 1. The highest BCUT2D eigenvalue weighted by Gasteiger charge is 2.32. The summed E-state index contributed by atoms with van der Waals surface area (Å²) in [4.78, 5) is 13.6. The second-order valence-corrected chi connectivity index (χ2v) is 7.97. The van der Waals surface area contributed by atoms with Gasteiger partial charge >= 0.3 is 0 Å². The molecule has 0 aliphatic heterocycles. The Bertz CT molecular complexity index is 1060. The topological polar surface area (TPSA) is 29.1 Å². The molecule has 0 radical (unpaired) electrons. The van der Waals surface area contributed by atoms with Gasteiger partial charge in [0.2, 0.25) is 5.91 Å². The molecule has 2 nitrogen and oxygen atoms in total. The number of hydrogen-bond acceptors (Lipinski definition) is 1. The van der Waals surface area contributed by atoms with Crippen molar-refractivity contribution in [3.8, 4) is 0 Å². The summed E-state index contributed by atoms with van der Waals surface area (Å²) in [7, 11) is 0. The van der Waals surface area contributed by atoms with Gasteiger partial charge in [0.05, 0.1) is 5.92 Å². The maximum atomic E-state index is 13.6. The number of hydrogen-bond donors (Lipinski definition) is 1. The van der Waals surface area contributed by atoms with Crippen LogP contribution in [0.1, 0.15) is 34.1 Å². The van der Waals surface area contributed by atoms with Crippen molar-refractivity contribution >= 4 is 17.5 Å². The Morgan fingerprint density at radius 1 is 0.645 bits per heavy atom. The Labute approximate surface area is 188 Å². The van der Waals surface area contributed by atoms with Crippen LogP contribution >= 0.6 is 11.6 Å². The summed E-state index contributed by atoms with van der Waals surface area (Å²) in [5.74, 6) is -0.466. The van der Waals surface area contributed by atoms with Gasteiger partial charge in [0.1, 0.15) is 0 Å². The van der Waals surface area contributed by atoms with Gasteiger partial charge < -0.3 is 5.32 Å². The molecule has 0 aliphatic rings. The minimum atomic E-state index is -0.363. The number of rotatable bonds is 7. The third-order valence-corrected chi connectivity index (χ3v) is 5.72. The second kappa shape index (κ2) is 10.1. The number of amides is 1. The lowest BCUT2D eigenvalue weighted by Crippen LogP contribution is -2.33. The number of carbonyl (C=O) groups is 1. The van der Waals surface area contributed by atoms with Crippen LogP contribution in [-0.4, -0.2) is 5.91 Å². The molecule has 0 saturated heterocycles. The molecule has 1 amide bonds. The van der Waals surface area contributed by atoms with E-state index in [0.29, 0.717) is 11.6 Å². The fraction of sp³-hybridized carbons (Fsp3) is 0.107. The monoisotopic (exact) mass is 425 g/mol. The summed E-state index contributed by atoms with van der Waals surface area (Å²) in [6.07, 6.45) is 0. The third-order valence-electron chi connectivity index (χ3n) is 5.47. The molecule has 31 heavy (non-hydrogen) atoms. The first-order valence-electron chi connectivity index (χ1n) is 10.4. The first-order valence-corrected chi connectivity index (χ1v) is 10.8. The van der Waals surface area contributed by atoms with Gasteiger partial charge in [0, 0.05) is 17.5 Å². The molecule has 3 heteroatoms. The van der Waals surface area contributed by atoms with Gasteiger partial charge in [0.15, 0.2) is 0 Å². The van der Waals surface area contributed by atoms with Gasteiger partial charge in [-0.1, -0.05) is 115 Å². The highest BCUT2D eigenvalue weighted by molar-refractivity contribution is 6.30. The summed E-state index contributed by atoms with van der Waals surface area (Å²) >= 11 is 5.99. The zero-order valence-corrected chi connectivity index (χ0v) is 17.9. The van der Waals surface area contributed by atoms with Gasteiger partial charge in [-0.05, 0) is 34.4 Å². The van der Waals surface area contributed by atoms with E-state index in [2.05, 4.69) is 29.6 Å². The molecule has 154 valence electrons. The molecule has 1 unspecified atom stereocenters. The van der Waals surface area contributed by atoms with Gasteiger partial charge in [-0.3, -0.25) is 4.79 Å². The fourth-order valence-corrected chi connectivity index (χ4v) is 4.08. The largest absolute Gasteiger partial charge is 0.351 e. The Morgan fingerprint density at radius 2 is 1.10 bits per heavy atom. The first kappa shape index (κ1) is 20.9. The first-order chi connectivity index (χ1) is 15.2. The summed E-state index contributed by atoms with van der Waals surface area (Å²) < 4.78 is 0. The van der Waals surface area contributed by atoms with Crippen LogP contribution in [0.25, 0.3) is 0 Å². The lowest BCUT2D eigenvalue weighted by molar-refractivity contribution is -0.123. The van der Waals surface area contributed by atoms with Crippen LogP contribution in [-0.2, 0) is 11.3 Å². The molecule has 1 N–H and O–H groups in total. The minimum absolute atomic E-state index is 0.00106. The highest BCUT2D eigenvalue weighted by Crippen LogP contribution is 2.38. The second-order valence-electron chi connectivity index (χ2n) is 7.53. The van der Waals surface area contributed by atoms with Crippen molar-refractivity contribution in [1.29, 1.82) is 0 Å². The Hall–Kier alpha value is -3.36. The van der Waals surface area contributed by atoms with Gasteiger partial charge in [-0.15, -0.1) is 0 Å². The Balaban J connectivity index is 1.71. The SMILES string of the molecule is O=C(NCc1ccc(Cl)cc1)C(c1ccccc1)C(c1ccccc1)c1ccccc1. The zero-order chi connectivity index (χ0) is 21.5. The van der Waals surface area contributed by atoms with Gasteiger partial charge in [0.25, 0.3) is 0 Å². The van der Waals surface area contributed by atoms with Crippen LogP contribution in [0.5, 0.6) is 0 Å². The fourth-order valence-electron chi connectivity index (χ4n) is 3.96. The average molecular weight is 426 g/mol. The lowest BCUT2D eigenvalue weighted by Gasteiger charge is -2.28. The molecule has 0 aromatic heterocycles. The Kier molecular flexibility index (Phi) is 6.81. The normalized spacial score (nSPS) is 11.8. The van der Waals surface area contributed by atoms with Crippen molar-refractivity contribution < 1.29 is 4.79 Å². The summed E-state index contributed by atoms with van der Waals surface area (Å²) in [6.45, 7) is 0.454. The predicted molar refractivity (Wildman–Crippen MR) is 127 cm³/mol. The van der Waals surface area contributed by atoms with E-state index in [1.54, 1.807) is 0 Å². The molecular formula is C28H24ClNO. The predicted octanol–water partition coefficient (Wildman–Crippen LogP) is 6.57. The molecule has 4 aromatic carbocycles. The van der Waals surface area contributed by atoms with Crippen LogP contribution in [0, 0.1) is 0 Å². The van der Waals surface area contributed by atoms with E-state index in [4.69, 9.17) is 11.6 Å². The van der Waals surface area contributed by atoms with E-state index < -0.39 is 0 Å². The van der Waals surface area contributed by atoms with E-state index in [1.807, 2.05) is 91.0 Å². The average Bonchev–Trinajstić information content (AvgIpc) is 2.83. The van der Waals surface area contributed by atoms with Crippen LogP contribution in [0.15, 0.2) is 115 Å². The molecule has 0 heterocycles. The summed E-state index contributed by atoms with van der Waals surface area (Å²) in [5, 5.41) is 3.84. The summed E-state index contributed by atoms with van der Waals surface area (Å²) in [6, 6.07) is 38.1. The van der Waals surface area contributed by atoms with Crippen LogP contribution in [0.4, 0.5) is 0 Å².